The molecule has 2 aromatic carbocycles. The fourth-order valence-corrected chi connectivity index (χ4v) is 2.48. The van der Waals surface area contributed by atoms with Gasteiger partial charge in [0.15, 0.2) is 0 Å². The molecule has 1 amide bonds. The summed E-state index contributed by atoms with van der Waals surface area (Å²) in [4.78, 5) is 22.4. The van der Waals surface area contributed by atoms with Crippen LogP contribution in [0.5, 0.6) is 5.75 Å². The molecular formula is C19H22N2O4. The first-order valence-corrected chi connectivity index (χ1v) is 8.26. The van der Waals surface area contributed by atoms with Gasteiger partial charge in [-0.2, -0.15) is 0 Å². The molecule has 0 aliphatic carbocycles. The predicted molar refractivity (Wildman–Crippen MR) is 96.1 cm³/mol. The van der Waals surface area contributed by atoms with Gasteiger partial charge in [-0.25, -0.2) is 0 Å². The fraction of sp³-hybridized carbons (Fsp3) is 0.316. The smallest absolute Gasteiger partial charge is 0.272 e. The van der Waals surface area contributed by atoms with Gasteiger partial charge in [0.2, 0.25) is 0 Å². The Hall–Kier alpha value is -2.89. The maximum atomic E-state index is 12.1. The van der Waals surface area contributed by atoms with E-state index in [9.17, 15) is 14.9 Å². The number of ether oxygens (including phenoxy) is 1. The van der Waals surface area contributed by atoms with E-state index in [0.717, 1.165) is 18.6 Å². The van der Waals surface area contributed by atoms with Crippen molar-refractivity contribution in [1.29, 1.82) is 0 Å². The van der Waals surface area contributed by atoms with Crippen molar-refractivity contribution in [3.8, 4) is 5.75 Å². The van der Waals surface area contributed by atoms with E-state index in [4.69, 9.17) is 4.74 Å². The lowest BCUT2D eigenvalue weighted by atomic mass is 10.1. The number of nitro groups is 1. The number of rotatable bonds is 8. The monoisotopic (exact) mass is 342 g/mol. The predicted octanol–water partition coefficient (Wildman–Crippen LogP) is 3.66. The van der Waals surface area contributed by atoms with E-state index in [-0.39, 0.29) is 11.6 Å². The lowest BCUT2D eigenvalue weighted by molar-refractivity contribution is -0.385. The molecule has 1 N–H and O–H groups in total. The largest absolute Gasteiger partial charge is 0.492 e. The van der Waals surface area contributed by atoms with Crippen LogP contribution in [0.4, 0.5) is 5.69 Å². The van der Waals surface area contributed by atoms with Crippen LogP contribution >= 0.6 is 0 Å². The topological polar surface area (TPSA) is 81.5 Å². The minimum atomic E-state index is -0.462. The standard InChI is InChI=1S/C19H22N2O4/c1-3-4-15-5-8-17(9-6-15)25-12-11-20-19(22)16-7-10-18(21(23)24)14(2)13-16/h5-10,13H,3-4,11-12H2,1-2H3,(H,20,22). The lowest BCUT2D eigenvalue weighted by Gasteiger charge is -2.09. The summed E-state index contributed by atoms with van der Waals surface area (Å²) in [6, 6.07) is 12.2. The van der Waals surface area contributed by atoms with Gasteiger partial charge in [-0.05, 0) is 43.2 Å². The summed E-state index contributed by atoms with van der Waals surface area (Å²) < 4.78 is 5.60. The molecule has 132 valence electrons. The Bertz CT molecular complexity index is 742. The second-order valence-corrected chi connectivity index (χ2v) is 5.76. The summed E-state index contributed by atoms with van der Waals surface area (Å²) in [6.45, 7) is 4.45. The summed E-state index contributed by atoms with van der Waals surface area (Å²) >= 11 is 0. The van der Waals surface area contributed by atoms with E-state index in [1.165, 1.54) is 23.8 Å². The highest BCUT2D eigenvalue weighted by Gasteiger charge is 2.13. The van der Waals surface area contributed by atoms with Crippen molar-refractivity contribution in [3.05, 3.63) is 69.3 Å². The molecule has 0 aliphatic rings. The minimum Gasteiger partial charge on any atom is -0.492 e. The zero-order valence-electron chi connectivity index (χ0n) is 14.5. The quantitative estimate of drug-likeness (QED) is 0.451. The highest BCUT2D eigenvalue weighted by Crippen LogP contribution is 2.18. The van der Waals surface area contributed by atoms with Crippen molar-refractivity contribution in [2.75, 3.05) is 13.2 Å². The van der Waals surface area contributed by atoms with Crippen molar-refractivity contribution in [2.24, 2.45) is 0 Å². The third-order valence-electron chi connectivity index (χ3n) is 3.77. The average Bonchev–Trinajstić information content (AvgIpc) is 2.59. The molecule has 0 saturated heterocycles. The van der Waals surface area contributed by atoms with Gasteiger partial charge in [0.05, 0.1) is 11.5 Å². The Morgan fingerprint density at radius 2 is 1.92 bits per heavy atom. The van der Waals surface area contributed by atoms with Crippen molar-refractivity contribution in [3.63, 3.8) is 0 Å². The molecule has 0 fully saturated rings. The van der Waals surface area contributed by atoms with Crippen LogP contribution in [0.3, 0.4) is 0 Å². The molecule has 2 rings (SSSR count). The molecule has 0 unspecified atom stereocenters. The number of nitrogens with zero attached hydrogens (tertiary/aromatic N) is 1. The summed E-state index contributed by atoms with van der Waals surface area (Å²) in [5.74, 6) is 0.486. The maximum Gasteiger partial charge on any atom is 0.272 e. The number of aryl methyl sites for hydroxylation is 2. The van der Waals surface area contributed by atoms with Crippen LogP contribution in [0.25, 0.3) is 0 Å². The number of hydrogen-bond donors (Lipinski definition) is 1. The fourth-order valence-electron chi connectivity index (χ4n) is 2.48. The van der Waals surface area contributed by atoms with Crippen LogP contribution in [0, 0.1) is 17.0 Å². The third-order valence-corrected chi connectivity index (χ3v) is 3.77. The molecule has 0 aliphatic heterocycles. The van der Waals surface area contributed by atoms with Gasteiger partial charge in [0.25, 0.3) is 11.6 Å². The second-order valence-electron chi connectivity index (χ2n) is 5.76. The summed E-state index contributed by atoms with van der Waals surface area (Å²) in [7, 11) is 0. The zero-order valence-corrected chi connectivity index (χ0v) is 14.5. The number of benzene rings is 2. The molecule has 0 heterocycles. The molecule has 0 spiro atoms. The van der Waals surface area contributed by atoms with E-state index in [1.54, 1.807) is 6.92 Å². The number of carbonyl (C=O) groups is 1. The first-order valence-electron chi connectivity index (χ1n) is 8.26. The summed E-state index contributed by atoms with van der Waals surface area (Å²) in [6.07, 6.45) is 2.15. The van der Waals surface area contributed by atoms with Gasteiger partial charge in [-0.3, -0.25) is 14.9 Å². The van der Waals surface area contributed by atoms with Crippen molar-refractivity contribution < 1.29 is 14.5 Å². The molecule has 25 heavy (non-hydrogen) atoms. The first-order chi connectivity index (χ1) is 12.0. The van der Waals surface area contributed by atoms with Crippen molar-refractivity contribution in [2.45, 2.75) is 26.7 Å². The van der Waals surface area contributed by atoms with Crippen LogP contribution in [-0.2, 0) is 6.42 Å². The Morgan fingerprint density at radius 1 is 1.20 bits per heavy atom. The Morgan fingerprint density at radius 3 is 2.52 bits per heavy atom. The Balaban J connectivity index is 1.80. The Kier molecular flexibility index (Phi) is 6.51. The van der Waals surface area contributed by atoms with E-state index < -0.39 is 4.92 Å². The van der Waals surface area contributed by atoms with Crippen LogP contribution < -0.4 is 10.1 Å². The third kappa shape index (κ3) is 5.31. The van der Waals surface area contributed by atoms with E-state index in [1.807, 2.05) is 24.3 Å². The average molecular weight is 342 g/mol. The molecule has 0 saturated carbocycles. The minimum absolute atomic E-state index is 0.00593. The van der Waals surface area contributed by atoms with Gasteiger partial charge in [0.1, 0.15) is 12.4 Å². The van der Waals surface area contributed by atoms with Crippen molar-refractivity contribution >= 4 is 11.6 Å². The molecular weight excluding hydrogens is 320 g/mol. The second kappa shape index (κ2) is 8.82. The molecule has 0 atom stereocenters. The van der Waals surface area contributed by atoms with Crippen LogP contribution in [-0.4, -0.2) is 24.0 Å². The van der Waals surface area contributed by atoms with Crippen molar-refractivity contribution in [1.82, 2.24) is 5.32 Å². The van der Waals surface area contributed by atoms with Gasteiger partial charge in [-0.15, -0.1) is 0 Å². The molecule has 6 heteroatoms. The lowest BCUT2D eigenvalue weighted by Crippen LogP contribution is -2.28. The van der Waals surface area contributed by atoms with Gasteiger partial charge < -0.3 is 10.1 Å². The number of nitrogens with one attached hydrogen (secondary N) is 1. The number of nitro benzene ring substituents is 1. The molecule has 6 nitrogen and oxygen atoms in total. The highest BCUT2D eigenvalue weighted by molar-refractivity contribution is 5.94. The summed E-state index contributed by atoms with van der Waals surface area (Å²) in [5.41, 5.74) is 2.14. The molecule has 0 aromatic heterocycles. The van der Waals surface area contributed by atoms with Crippen LogP contribution in [0.2, 0.25) is 0 Å². The molecule has 0 bridgehead atoms. The van der Waals surface area contributed by atoms with Crippen LogP contribution in [0.15, 0.2) is 42.5 Å². The normalized spacial score (nSPS) is 10.3. The van der Waals surface area contributed by atoms with Crippen LogP contribution in [0.1, 0.15) is 34.8 Å². The SMILES string of the molecule is CCCc1ccc(OCCNC(=O)c2ccc([N+](=O)[O-])c(C)c2)cc1. The Labute approximate surface area is 147 Å². The maximum absolute atomic E-state index is 12.1. The first kappa shape index (κ1) is 18.4. The zero-order chi connectivity index (χ0) is 18.2. The number of hydrogen-bond acceptors (Lipinski definition) is 4. The van der Waals surface area contributed by atoms with E-state index in [2.05, 4.69) is 12.2 Å². The number of amides is 1. The van der Waals surface area contributed by atoms with Gasteiger partial charge in [-0.1, -0.05) is 25.5 Å². The van der Waals surface area contributed by atoms with E-state index in [0.29, 0.717) is 24.3 Å². The highest BCUT2D eigenvalue weighted by atomic mass is 16.6. The van der Waals surface area contributed by atoms with Gasteiger partial charge in [0, 0.05) is 17.2 Å². The molecule has 0 radical (unpaired) electrons. The molecule has 2 aromatic rings. The van der Waals surface area contributed by atoms with E-state index >= 15 is 0 Å². The van der Waals surface area contributed by atoms with Gasteiger partial charge >= 0.3 is 0 Å². The summed E-state index contributed by atoms with van der Waals surface area (Å²) in [5, 5.41) is 13.5. The number of carbonyl (C=O) groups excluding carboxylic acids is 1.